The second-order valence-electron chi connectivity index (χ2n) is 4.08. The standard InChI is InChI=1S/C12H13BrN2O2/c1-3-15-10(16)12(2,14-11(15)17)8-6-4-5-7-9(8)13/h4-7H,3H2,1-2H3,(H,14,17)/t12-/m0/s1. The molecular weight excluding hydrogens is 284 g/mol. The minimum Gasteiger partial charge on any atom is -0.319 e. The maximum atomic E-state index is 12.2. The van der Waals surface area contributed by atoms with Gasteiger partial charge in [-0.05, 0) is 19.9 Å². The summed E-state index contributed by atoms with van der Waals surface area (Å²) in [6, 6.07) is 7.07. The molecule has 17 heavy (non-hydrogen) atoms. The fourth-order valence-electron chi connectivity index (χ4n) is 2.03. The number of nitrogens with one attached hydrogen (secondary N) is 1. The molecule has 1 aromatic rings. The van der Waals surface area contributed by atoms with Gasteiger partial charge >= 0.3 is 6.03 Å². The lowest BCUT2D eigenvalue weighted by Gasteiger charge is -2.23. The Morgan fingerprint density at radius 1 is 1.35 bits per heavy atom. The number of carbonyl (C=O) groups is 2. The van der Waals surface area contributed by atoms with Crippen molar-refractivity contribution in [1.82, 2.24) is 10.2 Å². The molecule has 1 aliphatic heterocycles. The van der Waals surface area contributed by atoms with Crippen LogP contribution in [0.4, 0.5) is 4.79 Å². The van der Waals surface area contributed by atoms with Gasteiger partial charge in [-0.3, -0.25) is 9.69 Å². The molecule has 1 heterocycles. The fourth-order valence-corrected chi connectivity index (χ4v) is 2.71. The van der Waals surface area contributed by atoms with E-state index in [4.69, 9.17) is 0 Å². The van der Waals surface area contributed by atoms with Gasteiger partial charge in [0.2, 0.25) is 0 Å². The maximum absolute atomic E-state index is 12.2. The highest BCUT2D eigenvalue weighted by Crippen LogP contribution is 2.33. The van der Waals surface area contributed by atoms with E-state index in [2.05, 4.69) is 21.2 Å². The Balaban J connectivity index is 2.49. The lowest BCUT2D eigenvalue weighted by molar-refractivity contribution is -0.130. The first-order valence-corrected chi connectivity index (χ1v) is 6.19. The summed E-state index contributed by atoms with van der Waals surface area (Å²) in [6.07, 6.45) is 0. The van der Waals surface area contributed by atoms with Crippen LogP contribution in [0.25, 0.3) is 0 Å². The molecule has 0 unspecified atom stereocenters. The van der Waals surface area contributed by atoms with Gasteiger partial charge in [0.1, 0.15) is 5.54 Å². The third-order valence-electron chi connectivity index (χ3n) is 3.00. The Labute approximate surface area is 108 Å². The molecule has 1 N–H and O–H groups in total. The number of nitrogens with zero attached hydrogens (tertiary/aromatic N) is 1. The predicted molar refractivity (Wildman–Crippen MR) is 67.4 cm³/mol. The van der Waals surface area contributed by atoms with Crippen molar-refractivity contribution in [2.75, 3.05) is 6.54 Å². The van der Waals surface area contributed by atoms with Gasteiger partial charge in [0.25, 0.3) is 5.91 Å². The Morgan fingerprint density at radius 2 is 2.00 bits per heavy atom. The van der Waals surface area contributed by atoms with Crippen LogP contribution in [0, 0.1) is 0 Å². The van der Waals surface area contributed by atoms with Crippen molar-refractivity contribution in [1.29, 1.82) is 0 Å². The van der Waals surface area contributed by atoms with E-state index in [1.807, 2.05) is 24.3 Å². The molecule has 5 heteroatoms. The molecule has 0 aliphatic carbocycles. The molecule has 1 saturated heterocycles. The number of carbonyl (C=O) groups excluding carboxylic acids is 2. The highest BCUT2D eigenvalue weighted by molar-refractivity contribution is 9.10. The highest BCUT2D eigenvalue weighted by atomic mass is 79.9. The van der Waals surface area contributed by atoms with E-state index in [1.54, 1.807) is 13.8 Å². The lowest BCUT2D eigenvalue weighted by atomic mass is 9.92. The zero-order chi connectivity index (χ0) is 12.6. The second-order valence-corrected chi connectivity index (χ2v) is 4.94. The summed E-state index contributed by atoms with van der Waals surface area (Å²) < 4.78 is 0.814. The van der Waals surface area contributed by atoms with E-state index in [-0.39, 0.29) is 11.9 Å². The largest absolute Gasteiger partial charge is 0.325 e. The number of halogens is 1. The van der Waals surface area contributed by atoms with Crippen molar-refractivity contribution in [3.05, 3.63) is 34.3 Å². The number of urea groups is 1. The SMILES string of the molecule is CCN1C(=O)N[C@@](C)(c2ccccc2Br)C1=O. The number of rotatable bonds is 2. The van der Waals surface area contributed by atoms with Crippen molar-refractivity contribution >= 4 is 27.9 Å². The summed E-state index contributed by atoms with van der Waals surface area (Å²) in [5, 5.41) is 2.75. The zero-order valence-electron chi connectivity index (χ0n) is 9.66. The maximum Gasteiger partial charge on any atom is 0.325 e. The van der Waals surface area contributed by atoms with E-state index >= 15 is 0 Å². The van der Waals surface area contributed by atoms with Gasteiger partial charge in [-0.25, -0.2) is 4.79 Å². The van der Waals surface area contributed by atoms with Crippen LogP contribution < -0.4 is 5.32 Å². The minimum absolute atomic E-state index is 0.211. The van der Waals surface area contributed by atoms with Gasteiger partial charge in [-0.15, -0.1) is 0 Å². The topological polar surface area (TPSA) is 49.4 Å². The fraction of sp³-hybridized carbons (Fsp3) is 0.333. The molecule has 0 radical (unpaired) electrons. The van der Waals surface area contributed by atoms with Gasteiger partial charge in [-0.2, -0.15) is 0 Å². The smallest absolute Gasteiger partial charge is 0.319 e. The Hall–Kier alpha value is -1.36. The molecule has 0 spiro atoms. The number of hydrogen-bond acceptors (Lipinski definition) is 2. The van der Waals surface area contributed by atoms with Crippen LogP contribution in [0.1, 0.15) is 19.4 Å². The van der Waals surface area contributed by atoms with Crippen molar-refractivity contribution in [2.24, 2.45) is 0 Å². The van der Waals surface area contributed by atoms with Gasteiger partial charge in [0.05, 0.1) is 0 Å². The van der Waals surface area contributed by atoms with Crippen molar-refractivity contribution in [3.8, 4) is 0 Å². The predicted octanol–water partition coefficient (Wildman–Crippen LogP) is 2.24. The molecule has 1 aromatic carbocycles. The minimum atomic E-state index is -0.979. The highest BCUT2D eigenvalue weighted by Gasteiger charge is 2.48. The van der Waals surface area contributed by atoms with Crippen LogP contribution >= 0.6 is 15.9 Å². The summed E-state index contributed by atoms with van der Waals surface area (Å²) >= 11 is 3.41. The molecule has 1 atom stereocenters. The first-order chi connectivity index (χ1) is 8.00. The van der Waals surface area contributed by atoms with E-state index in [1.165, 1.54) is 4.90 Å². The zero-order valence-corrected chi connectivity index (χ0v) is 11.2. The van der Waals surface area contributed by atoms with Gasteiger partial charge in [0.15, 0.2) is 0 Å². The van der Waals surface area contributed by atoms with Gasteiger partial charge < -0.3 is 5.32 Å². The number of likely N-dealkylation sites (N-methyl/N-ethyl adjacent to an activating group) is 1. The molecule has 0 saturated carbocycles. The summed E-state index contributed by atoms with van der Waals surface area (Å²) in [5.74, 6) is -0.211. The quantitative estimate of drug-likeness (QED) is 0.851. The lowest BCUT2D eigenvalue weighted by Crippen LogP contribution is -2.41. The number of benzene rings is 1. The number of imide groups is 1. The third-order valence-corrected chi connectivity index (χ3v) is 3.70. The van der Waals surface area contributed by atoms with E-state index in [0.29, 0.717) is 6.54 Å². The van der Waals surface area contributed by atoms with E-state index in [9.17, 15) is 9.59 Å². The molecule has 0 bridgehead atoms. The second kappa shape index (κ2) is 4.14. The molecule has 2 rings (SSSR count). The summed E-state index contributed by atoms with van der Waals surface area (Å²) in [5.41, 5.74) is -0.206. The summed E-state index contributed by atoms with van der Waals surface area (Å²) in [4.78, 5) is 25.2. The van der Waals surface area contributed by atoms with Gasteiger partial charge in [-0.1, -0.05) is 34.1 Å². The third kappa shape index (κ3) is 1.74. The normalized spacial score (nSPS) is 24.1. The molecule has 1 fully saturated rings. The molecular formula is C12H13BrN2O2. The summed E-state index contributed by atoms with van der Waals surface area (Å²) in [7, 11) is 0. The van der Waals surface area contributed by atoms with Gasteiger partial charge in [0, 0.05) is 16.6 Å². The number of amides is 3. The number of hydrogen-bond donors (Lipinski definition) is 1. The first-order valence-electron chi connectivity index (χ1n) is 5.40. The van der Waals surface area contributed by atoms with Crippen LogP contribution in [0.3, 0.4) is 0 Å². The molecule has 0 aromatic heterocycles. The molecule has 3 amide bonds. The average molecular weight is 297 g/mol. The van der Waals surface area contributed by atoms with E-state index in [0.717, 1.165) is 10.0 Å². The Morgan fingerprint density at radius 3 is 2.53 bits per heavy atom. The summed E-state index contributed by atoms with van der Waals surface area (Å²) in [6.45, 7) is 3.89. The van der Waals surface area contributed by atoms with Crippen LogP contribution in [0.2, 0.25) is 0 Å². The van der Waals surface area contributed by atoms with Crippen LogP contribution in [-0.2, 0) is 10.3 Å². The van der Waals surface area contributed by atoms with Crippen LogP contribution in [-0.4, -0.2) is 23.4 Å². The van der Waals surface area contributed by atoms with Crippen molar-refractivity contribution < 1.29 is 9.59 Å². The van der Waals surface area contributed by atoms with Crippen LogP contribution in [0.15, 0.2) is 28.7 Å². The Kier molecular flexibility index (Phi) is 2.95. The van der Waals surface area contributed by atoms with Crippen LogP contribution in [0.5, 0.6) is 0 Å². The average Bonchev–Trinajstić information content (AvgIpc) is 2.51. The first kappa shape index (κ1) is 12.1. The molecule has 4 nitrogen and oxygen atoms in total. The molecule has 1 aliphatic rings. The Bertz CT molecular complexity index is 489. The monoisotopic (exact) mass is 296 g/mol. The van der Waals surface area contributed by atoms with E-state index < -0.39 is 5.54 Å². The van der Waals surface area contributed by atoms with Crippen molar-refractivity contribution in [3.63, 3.8) is 0 Å². The van der Waals surface area contributed by atoms with Crippen molar-refractivity contribution in [2.45, 2.75) is 19.4 Å². The molecule has 90 valence electrons.